The number of sulfone groups is 1. The summed E-state index contributed by atoms with van der Waals surface area (Å²) in [5, 5.41) is 0.629. The maximum absolute atomic E-state index is 11.1. The van der Waals surface area contributed by atoms with E-state index in [-0.39, 0.29) is 5.75 Å². The number of rotatable bonds is 4. The number of benzene rings is 1. The summed E-state index contributed by atoms with van der Waals surface area (Å²) in [4.78, 5) is 4.47. The van der Waals surface area contributed by atoms with Gasteiger partial charge in [-0.3, -0.25) is 4.98 Å². The van der Waals surface area contributed by atoms with Crippen molar-refractivity contribution in [3.8, 4) is 0 Å². The molecule has 96 valence electrons. The lowest BCUT2D eigenvalue weighted by atomic mass is 10.1. The summed E-state index contributed by atoms with van der Waals surface area (Å²) in [6, 6.07) is 11.7. The Morgan fingerprint density at radius 3 is 2.67 bits per heavy atom. The molecule has 0 N–H and O–H groups in total. The number of aromatic nitrogens is 1. The molecule has 1 heterocycles. The van der Waals surface area contributed by atoms with Gasteiger partial charge >= 0.3 is 0 Å². The molecule has 0 amide bonds. The largest absolute Gasteiger partial charge is 0.253 e. The minimum absolute atomic E-state index is 0.0247. The highest BCUT2D eigenvalue weighted by Crippen LogP contribution is 2.14. The molecule has 0 fully saturated rings. The molecule has 1 aromatic carbocycles. The molecule has 3 nitrogen and oxygen atoms in total. The summed E-state index contributed by atoms with van der Waals surface area (Å²) in [6.07, 6.45) is 1.65. The first-order chi connectivity index (χ1) is 8.44. The van der Waals surface area contributed by atoms with Gasteiger partial charge in [-0.2, -0.15) is 0 Å². The van der Waals surface area contributed by atoms with E-state index < -0.39 is 15.2 Å². The predicted molar refractivity (Wildman–Crippen MR) is 74.8 cm³/mol. The van der Waals surface area contributed by atoms with Crippen molar-refractivity contribution in [2.24, 2.45) is 0 Å². The molecule has 0 aliphatic carbocycles. The third kappa shape index (κ3) is 3.68. The van der Waals surface area contributed by atoms with Gasteiger partial charge in [0.05, 0.1) is 16.6 Å². The Morgan fingerprint density at radius 1 is 1.22 bits per heavy atom. The summed E-state index contributed by atoms with van der Waals surface area (Å²) in [5.74, 6) is -0.0247. The van der Waals surface area contributed by atoms with Crippen molar-refractivity contribution < 1.29 is 8.42 Å². The average Bonchev–Trinajstić information content (AvgIpc) is 2.26. The lowest BCUT2D eigenvalue weighted by Gasteiger charge is -2.08. The highest BCUT2D eigenvalue weighted by atomic mass is 35.5. The van der Waals surface area contributed by atoms with Crippen molar-refractivity contribution in [3.63, 3.8) is 0 Å². The van der Waals surface area contributed by atoms with Crippen molar-refractivity contribution in [2.75, 3.05) is 12.0 Å². The Hall–Kier alpha value is -1.13. The van der Waals surface area contributed by atoms with E-state index in [1.54, 1.807) is 0 Å². The van der Waals surface area contributed by atoms with E-state index in [9.17, 15) is 8.42 Å². The van der Waals surface area contributed by atoms with Crippen molar-refractivity contribution in [1.82, 2.24) is 4.98 Å². The van der Waals surface area contributed by atoms with E-state index in [0.717, 1.165) is 16.6 Å². The molecule has 2 rings (SSSR count). The quantitative estimate of drug-likeness (QED) is 0.810. The van der Waals surface area contributed by atoms with Crippen molar-refractivity contribution in [1.29, 1.82) is 0 Å². The summed E-state index contributed by atoms with van der Waals surface area (Å²) < 4.78 is 22.3. The minimum Gasteiger partial charge on any atom is -0.253 e. The number of para-hydroxylation sites is 1. The van der Waals surface area contributed by atoms with E-state index in [1.807, 2.05) is 36.4 Å². The van der Waals surface area contributed by atoms with Gasteiger partial charge in [-0.15, -0.1) is 11.6 Å². The second-order valence-electron chi connectivity index (χ2n) is 4.39. The van der Waals surface area contributed by atoms with Gasteiger partial charge in [0.15, 0.2) is 0 Å². The molecule has 1 atom stereocenters. The fourth-order valence-electron chi connectivity index (χ4n) is 1.84. The van der Waals surface area contributed by atoms with Crippen LogP contribution in [-0.4, -0.2) is 30.8 Å². The van der Waals surface area contributed by atoms with Crippen LogP contribution in [0.3, 0.4) is 0 Å². The molecular formula is C13H14ClNO2S. The van der Waals surface area contributed by atoms with E-state index in [1.165, 1.54) is 6.26 Å². The molecule has 5 heteroatoms. The molecule has 1 unspecified atom stereocenters. The lowest BCUT2D eigenvalue weighted by molar-refractivity contribution is 0.599. The Kier molecular flexibility index (Phi) is 3.88. The van der Waals surface area contributed by atoms with Gasteiger partial charge in [-0.1, -0.05) is 24.3 Å². The van der Waals surface area contributed by atoms with Crippen LogP contribution in [0.2, 0.25) is 0 Å². The van der Waals surface area contributed by atoms with Crippen LogP contribution >= 0.6 is 11.6 Å². The zero-order chi connectivity index (χ0) is 13.2. The summed E-state index contributed by atoms with van der Waals surface area (Å²) in [7, 11) is -3.05. The normalized spacial score (nSPS) is 13.7. The second-order valence-corrected chi connectivity index (χ2v) is 7.19. The smallest absolute Gasteiger partial charge is 0.148 e. The van der Waals surface area contributed by atoms with E-state index in [2.05, 4.69) is 4.98 Å². The molecule has 18 heavy (non-hydrogen) atoms. The zero-order valence-corrected chi connectivity index (χ0v) is 11.6. The number of fused-ring (bicyclic) bond motifs is 1. The van der Waals surface area contributed by atoms with Crippen LogP contribution in [0.25, 0.3) is 10.9 Å². The van der Waals surface area contributed by atoms with E-state index in [4.69, 9.17) is 11.6 Å². The second kappa shape index (κ2) is 5.24. The monoisotopic (exact) mass is 283 g/mol. The fourth-order valence-corrected chi connectivity index (χ4v) is 3.46. The van der Waals surface area contributed by atoms with Gasteiger partial charge < -0.3 is 0 Å². The molecule has 0 saturated carbocycles. The summed E-state index contributed by atoms with van der Waals surface area (Å²) in [5.41, 5.74) is 1.72. The molecule has 0 saturated heterocycles. The van der Waals surface area contributed by atoms with Crippen LogP contribution in [0.5, 0.6) is 0 Å². The van der Waals surface area contributed by atoms with Crippen LogP contribution in [-0.2, 0) is 16.3 Å². The van der Waals surface area contributed by atoms with E-state index in [0.29, 0.717) is 6.42 Å². The number of alkyl halides is 1. The molecule has 1 aromatic heterocycles. The first-order valence-electron chi connectivity index (χ1n) is 5.60. The molecule has 2 aromatic rings. The van der Waals surface area contributed by atoms with Crippen LogP contribution in [0.4, 0.5) is 0 Å². The Balaban J connectivity index is 2.17. The highest BCUT2D eigenvalue weighted by molar-refractivity contribution is 7.90. The standard InChI is InChI=1S/C13H14ClNO2S/c1-18(16,17)9-11(14)8-12-7-6-10-4-2-3-5-13(10)15-12/h2-7,11H,8-9H2,1H3. The fraction of sp³-hybridized carbons (Fsp3) is 0.308. The van der Waals surface area contributed by atoms with Crippen molar-refractivity contribution in [3.05, 3.63) is 42.1 Å². The van der Waals surface area contributed by atoms with Gasteiger partial charge in [-0.25, -0.2) is 8.42 Å². The Bertz CT molecular complexity index is 655. The van der Waals surface area contributed by atoms with Gasteiger partial charge in [0.25, 0.3) is 0 Å². The molecule has 0 aliphatic rings. The Labute approximate surface area is 112 Å². The van der Waals surface area contributed by atoms with Gasteiger partial charge in [0.2, 0.25) is 0 Å². The van der Waals surface area contributed by atoms with Gasteiger partial charge in [-0.05, 0) is 12.1 Å². The number of hydrogen-bond acceptors (Lipinski definition) is 3. The number of nitrogens with zero attached hydrogens (tertiary/aromatic N) is 1. The first kappa shape index (κ1) is 13.3. The topological polar surface area (TPSA) is 47.0 Å². The highest BCUT2D eigenvalue weighted by Gasteiger charge is 2.14. The van der Waals surface area contributed by atoms with Crippen LogP contribution in [0.1, 0.15) is 5.69 Å². The lowest BCUT2D eigenvalue weighted by Crippen LogP contribution is -2.17. The third-order valence-corrected chi connectivity index (χ3v) is 4.07. The van der Waals surface area contributed by atoms with Gasteiger partial charge in [0, 0.05) is 23.8 Å². The number of hydrogen-bond donors (Lipinski definition) is 0. The molecule has 0 bridgehead atoms. The SMILES string of the molecule is CS(=O)(=O)CC(Cl)Cc1ccc2ccccc2n1. The van der Waals surface area contributed by atoms with Crippen molar-refractivity contribution >= 4 is 32.3 Å². The third-order valence-electron chi connectivity index (χ3n) is 2.57. The Morgan fingerprint density at radius 2 is 1.94 bits per heavy atom. The summed E-state index contributed by atoms with van der Waals surface area (Å²) >= 11 is 6.03. The number of halogens is 1. The molecule has 0 radical (unpaired) electrons. The zero-order valence-electron chi connectivity index (χ0n) is 10.0. The maximum Gasteiger partial charge on any atom is 0.148 e. The maximum atomic E-state index is 11.1. The van der Waals surface area contributed by atoms with Crippen LogP contribution in [0, 0.1) is 0 Å². The number of pyridine rings is 1. The molecule has 0 spiro atoms. The van der Waals surface area contributed by atoms with Crippen LogP contribution in [0.15, 0.2) is 36.4 Å². The van der Waals surface area contributed by atoms with Crippen LogP contribution < -0.4 is 0 Å². The minimum atomic E-state index is -3.05. The van der Waals surface area contributed by atoms with Crippen molar-refractivity contribution in [2.45, 2.75) is 11.8 Å². The van der Waals surface area contributed by atoms with Gasteiger partial charge in [0.1, 0.15) is 9.84 Å². The molecule has 0 aliphatic heterocycles. The molecular weight excluding hydrogens is 270 g/mol. The first-order valence-corrected chi connectivity index (χ1v) is 8.10. The summed E-state index contributed by atoms with van der Waals surface area (Å²) in [6.45, 7) is 0. The van der Waals surface area contributed by atoms with E-state index >= 15 is 0 Å². The predicted octanol–water partition coefficient (Wildman–Crippen LogP) is 2.43. The average molecular weight is 284 g/mol.